The largest absolute Gasteiger partial charge is 0.391 e. The number of hydrogen-bond acceptors (Lipinski definition) is 5. The van der Waals surface area contributed by atoms with Gasteiger partial charge in [-0.1, -0.05) is 90.4 Å². The lowest BCUT2D eigenvalue weighted by Gasteiger charge is -2.56. The summed E-state index contributed by atoms with van der Waals surface area (Å²) in [7, 11) is -3.68. The van der Waals surface area contributed by atoms with Crippen LogP contribution in [0, 0.1) is 29.6 Å². The van der Waals surface area contributed by atoms with Crippen LogP contribution in [0.2, 0.25) is 0 Å². The lowest BCUT2D eigenvalue weighted by molar-refractivity contribution is -0.133. The van der Waals surface area contributed by atoms with Crippen molar-refractivity contribution in [1.82, 2.24) is 0 Å². The summed E-state index contributed by atoms with van der Waals surface area (Å²) < 4.78 is 33.2. The molecule has 4 aliphatic rings. The second kappa shape index (κ2) is 9.32. The van der Waals surface area contributed by atoms with Crippen LogP contribution in [0.4, 0.5) is 0 Å². The molecule has 0 aromatic carbocycles. The van der Waals surface area contributed by atoms with Crippen molar-refractivity contribution in [2.75, 3.05) is 0 Å². The van der Waals surface area contributed by atoms with Crippen molar-refractivity contribution in [1.29, 1.82) is 0 Å². The quantitative estimate of drug-likeness (QED) is 0.319. The van der Waals surface area contributed by atoms with E-state index < -0.39 is 33.2 Å². The van der Waals surface area contributed by atoms with Gasteiger partial charge in [-0.3, -0.25) is 4.18 Å². The Balaban J connectivity index is 1.86. The maximum atomic E-state index is 13.4. The SMILES string of the molecule is CC1C(Br)C(O)C(Br)CC1C1(C2CC(Br)C(O)C(Br)C2C)OS(=O)(=O)C2CCCCC21. The zero-order chi connectivity index (χ0) is 22.9. The van der Waals surface area contributed by atoms with E-state index in [1.165, 1.54) is 0 Å². The Morgan fingerprint density at radius 1 is 0.806 bits per heavy atom. The highest BCUT2D eigenvalue weighted by molar-refractivity contribution is 9.10. The monoisotopic (exact) mass is 712 g/mol. The molecule has 3 aliphatic carbocycles. The highest BCUT2D eigenvalue weighted by Gasteiger charge is 2.68. The van der Waals surface area contributed by atoms with E-state index in [0.717, 1.165) is 19.3 Å². The average Bonchev–Trinajstić information content (AvgIpc) is 2.98. The van der Waals surface area contributed by atoms with E-state index in [2.05, 4.69) is 77.6 Å². The van der Waals surface area contributed by atoms with E-state index in [1.807, 2.05) is 0 Å². The van der Waals surface area contributed by atoms with Gasteiger partial charge in [-0.15, -0.1) is 0 Å². The van der Waals surface area contributed by atoms with Gasteiger partial charge in [0.25, 0.3) is 10.1 Å². The van der Waals surface area contributed by atoms with Crippen LogP contribution in [0.3, 0.4) is 0 Å². The van der Waals surface area contributed by atoms with Crippen LogP contribution in [-0.2, 0) is 14.3 Å². The lowest BCUT2D eigenvalue weighted by atomic mass is 9.54. The number of aliphatic hydroxyl groups excluding tert-OH is 2. The molecule has 1 heterocycles. The second-order valence-electron chi connectivity index (χ2n) is 10.2. The normalized spacial score (nSPS) is 57.4. The highest BCUT2D eigenvalue weighted by Crippen LogP contribution is 2.62. The third-order valence-electron chi connectivity index (χ3n) is 8.70. The second-order valence-corrected chi connectivity index (χ2v) is 16.4. The predicted molar refractivity (Wildman–Crippen MR) is 136 cm³/mol. The molecule has 1 saturated heterocycles. The highest BCUT2D eigenvalue weighted by atomic mass is 79.9. The number of aliphatic hydroxyl groups is 2. The van der Waals surface area contributed by atoms with Gasteiger partial charge in [-0.2, -0.15) is 8.42 Å². The molecule has 180 valence electrons. The fraction of sp³-hybridized carbons (Fsp3) is 1.00. The van der Waals surface area contributed by atoms with Crippen molar-refractivity contribution >= 4 is 73.8 Å². The van der Waals surface area contributed by atoms with Gasteiger partial charge in [0.05, 0.1) is 23.1 Å². The molecule has 0 aromatic rings. The van der Waals surface area contributed by atoms with E-state index >= 15 is 0 Å². The summed E-state index contributed by atoms with van der Waals surface area (Å²) in [5.41, 5.74) is -0.834. The summed E-state index contributed by atoms with van der Waals surface area (Å²) in [5.74, 6) is -0.0396. The first-order valence-corrected chi connectivity index (χ1v) is 16.4. The molecular weight excluding hydrogens is 684 g/mol. The molecule has 0 spiro atoms. The smallest absolute Gasteiger partial charge is 0.271 e. The first-order valence-electron chi connectivity index (χ1n) is 11.3. The third kappa shape index (κ3) is 4.10. The summed E-state index contributed by atoms with van der Waals surface area (Å²) in [5, 5.41) is 20.9. The van der Waals surface area contributed by atoms with Crippen molar-refractivity contribution in [2.24, 2.45) is 29.6 Å². The van der Waals surface area contributed by atoms with Crippen LogP contribution in [0.5, 0.6) is 0 Å². The summed E-state index contributed by atoms with van der Waals surface area (Å²) in [4.78, 5) is -0.559. The van der Waals surface area contributed by atoms with Gasteiger partial charge in [-0.25, -0.2) is 0 Å². The molecule has 12 atom stereocenters. The van der Waals surface area contributed by atoms with Crippen molar-refractivity contribution in [3.8, 4) is 0 Å². The molecule has 12 unspecified atom stereocenters. The number of rotatable bonds is 2. The van der Waals surface area contributed by atoms with Crippen LogP contribution in [0.25, 0.3) is 0 Å². The number of hydrogen-bond donors (Lipinski definition) is 2. The van der Waals surface area contributed by atoms with Crippen LogP contribution in [-0.4, -0.2) is 61.0 Å². The van der Waals surface area contributed by atoms with Gasteiger partial charge in [0, 0.05) is 25.2 Å². The van der Waals surface area contributed by atoms with Crippen molar-refractivity contribution in [3.63, 3.8) is 0 Å². The Morgan fingerprint density at radius 2 is 1.26 bits per heavy atom. The first kappa shape index (κ1) is 25.8. The van der Waals surface area contributed by atoms with Crippen molar-refractivity contribution in [3.05, 3.63) is 0 Å². The molecule has 1 aliphatic heterocycles. The molecule has 4 rings (SSSR count). The summed E-state index contributed by atoms with van der Waals surface area (Å²) >= 11 is 14.8. The molecule has 10 heteroatoms. The molecule has 2 N–H and O–H groups in total. The predicted octanol–water partition coefficient (Wildman–Crippen LogP) is 4.73. The zero-order valence-corrected chi connectivity index (χ0v) is 24.9. The van der Waals surface area contributed by atoms with Gasteiger partial charge >= 0.3 is 0 Å². The van der Waals surface area contributed by atoms with E-state index in [1.54, 1.807) is 0 Å². The molecular formula is C21H32Br4O5S. The maximum Gasteiger partial charge on any atom is 0.271 e. The molecule has 0 aromatic heterocycles. The molecule has 31 heavy (non-hydrogen) atoms. The fourth-order valence-corrected chi connectivity index (χ4v) is 12.9. The fourth-order valence-electron chi connectivity index (χ4n) is 7.08. The summed E-state index contributed by atoms with van der Waals surface area (Å²) in [6.07, 6.45) is 3.68. The third-order valence-corrected chi connectivity index (χ3v) is 15.1. The maximum absolute atomic E-state index is 13.4. The van der Waals surface area contributed by atoms with E-state index in [-0.39, 0.29) is 48.9 Å². The summed E-state index contributed by atoms with van der Waals surface area (Å²) in [6, 6.07) is 0. The van der Waals surface area contributed by atoms with Gasteiger partial charge < -0.3 is 10.2 Å². The number of halogens is 4. The zero-order valence-electron chi connectivity index (χ0n) is 17.7. The Hall–Kier alpha value is 1.75. The molecule has 0 amide bonds. The lowest BCUT2D eigenvalue weighted by Crippen LogP contribution is -2.63. The molecule has 3 saturated carbocycles. The molecule has 5 nitrogen and oxygen atoms in total. The average molecular weight is 716 g/mol. The molecule has 0 radical (unpaired) electrons. The van der Waals surface area contributed by atoms with E-state index in [0.29, 0.717) is 19.3 Å². The Labute approximate surface area is 219 Å². The Morgan fingerprint density at radius 3 is 1.74 bits per heavy atom. The minimum atomic E-state index is -3.68. The van der Waals surface area contributed by atoms with Crippen molar-refractivity contribution < 1.29 is 22.8 Å². The van der Waals surface area contributed by atoms with Gasteiger partial charge in [-0.05, 0) is 49.4 Å². The minimum Gasteiger partial charge on any atom is -0.391 e. The van der Waals surface area contributed by atoms with Crippen LogP contribution < -0.4 is 0 Å². The topological polar surface area (TPSA) is 83.8 Å². The first-order chi connectivity index (χ1) is 14.4. The van der Waals surface area contributed by atoms with E-state index in [4.69, 9.17) is 4.18 Å². The van der Waals surface area contributed by atoms with Crippen molar-refractivity contribution in [2.45, 2.75) is 94.7 Å². The van der Waals surface area contributed by atoms with Gasteiger partial charge in [0.15, 0.2) is 0 Å². The Kier molecular flexibility index (Phi) is 7.77. The van der Waals surface area contributed by atoms with Crippen LogP contribution in [0.1, 0.15) is 52.4 Å². The Bertz CT molecular complexity index is 748. The minimum absolute atomic E-state index is 0.0328. The van der Waals surface area contributed by atoms with Crippen LogP contribution >= 0.6 is 63.7 Å². The summed E-state index contributed by atoms with van der Waals surface area (Å²) in [6.45, 7) is 4.22. The van der Waals surface area contributed by atoms with Gasteiger partial charge in [0.1, 0.15) is 0 Å². The number of alkyl halides is 4. The molecule has 4 fully saturated rings. The number of fused-ring (bicyclic) bond motifs is 1. The van der Waals surface area contributed by atoms with E-state index in [9.17, 15) is 18.6 Å². The standard InChI is InChI=1S/C21H32Br4O5S/c1-9-12(7-14(22)19(26)17(9)24)21(13-8-15(23)20(27)18(25)10(13)2)11-5-3-4-6-16(11)31(28,29)30-21/h9-20,26-27H,3-8H2,1-2H3. The molecule has 0 bridgehead atoms. The van der Waals surface area contributed by atoms with Gasteiger partial charge in [0.2, 0.25) is 0 Å². The van der Waals surface area contributed by atoms with Crippen LogP contribution in [0.15, 0.2) is 0 Å².